The summed E-state index contributed by atoms with van der Waals surface area (Å²) >= 11 is 6.09. The number of hydrogen-bond donors (Lipinski definition) is 4. The summed E-state index contributed by atoms with van der Waals surface area (Å²) in [5.41, 5.74) is 0.470. The fraction of sp³-hybridized carbons (Fsp3) is 0.722. The zero-order valence-corrected chi connectivity index (χ0v) is 21.5. The fourth-order valence-electron chi connectivity index (χ4n) is 4.06. The van der Waals surface area contributed by atoms with Crippen LogP contribution in [0.4, 0.5) is 16.0 Å². The summed E-state index contributed by atoms with van der Waals surface area (Å²) in [7, 11) is -9.57. The Balaban J connectivity index is 1.81. The molecule has 1 saturated heterocycles. The van der Waals surface area contributed by atoms with Gasteiger partial charge in [0, 0.05) is 24.6 Å². The molecule has 0 bridgehead atoms. The van der Waals surface area contributed by atoms with Crippen molar-refractivity contribution in [3.8, 4) is 0 Å². The van der Waals surface area contributed by atoms with Crippen LogP contribution in [-0.4, -0.2) is 88.7 Å². The molecule has 35 heavy (non-hydrogen) atoms. The lowest BCUT2D eigenvalue weighted by molar-refractivity contribution is -0.0438. The van der Waals surface area contributed by atoms with E-state index in [0.29, 0.717) is 17.6 Å². The molecule has 2 heterocycles. The van der Waals surface area contributed by atoms with E-state index < -0.39 is 53.8 Å². The lowest BCUT2D eigenvalue weighted by Gasteiger charge is -2.28. The highest BCUT2D eigenvalue weighted by molar-refractivity contribution is 7.97. The molecule has 3 rings (SSSR count). The topological polar surface area (TPSA) is 184 Å². The summed E-state index contributed by atoms with van der Waals surface area (Å²) in [4.78, 5) is 26.9. The lowest BCUT2D eigenvalue weighted by atomic mass is 10.1. The first kappa shape index (κ1) is 28.1. The van der Waals surface area contributed by atoms with Crippen LogP contribution in [-0.2, 0) is 23.9 Å². The second-order valence-corrected chi connectivity index (χ2v) is 12.9. The van der Waals surface area contributed by atoms with E-state index in [2.05, 4.69) is 27.1 Å². The molecule has 0 radical (unpaired) electrons. The number of nitrogens with zero attached hydrogens (tertiary/aromatic N) is 4. The van der Waals surface area contributed by atoms with Crippen molar-refractivity contribution in [1.29, 1.82) is 0 Å². The van der Waals surface area contributed by atoms with E-state index >= 15 is 4.39 Å². The highest BCUT2D eigenvalue weighted by Gasteiger charge is 2.49. The van der Waals surface area contributed by atoms with Crippen LogP contribution < -0.4 is 10.3 Å². The van der Waals surface area contributed by atoms with Crippen LogP contribution in [0.15, 0.2) is 5.10 Å². The Morgan fingerprint density at radius 3 is 2.57 bits per heavy atom. The third-order valence-corrected chi connectivity index (χ3v) is 9.45. The third-order valence-electron chi connectivity index (χ3n) is 5.74. The molecule has 5 atom stereocenters. The number of halogens is 2. The second-order valence-electron chi connectivity index (χ2n) is 8.46. The van der Waals surface area contributed by atoms with Gasteiger partial charge in [0.15, 0.2) is 28.1 Å². The SMILES string of the molecule is C=NN(c1nc(Cl)nc(NC2CCCC2)c1C)[C@@H]1O[C@H](COC(P(=O)(O)O)S(C)(=O)=O)[C@@H](O)[C@@H]1F. The molecule has 1 aliphatic heterocycles. The Kier molecular flexibility index (Phi) is 8.75. The van der Waals surface area contributed by atoms with Crippen molar-refractivity contribution < 1.29 is 41.7 Å². The van der Waals surface area contributed by atoms with Gasteiger partial charge in [0.25, 0.3) is 5.18 Å². The van der Waals surface area contributed by atoms with Gasteiger partial charge in [0.1, 0.15) is 18.0 Å². The molecule has 17 heteroatoms. The molecule has 2 aliphatic rings. The first-order valence-electron chi connectivity index (χ1n) is 10.6. The molecule has 1 saturated carbocycles. The van der Waals surface area contributed by atoms with Crippen LogP contribution in [0.3, 0.4) is 0 Å². The minimum absolute atomic E-state index is 0.0612. The minimum atomic E-state index is -5.23. The maximum absolute atomic E-state index is 15.1. The van der Waals surface area contributed by atoms with Gasteiger partial charge in [0.2, 0.25) is 5.28 Å². The molecule has 0 amide bonds. The van der Waals surface area contributed by atoms with Gasteiger partial charge in [-0.15, -0.1) is 0 Å². The first-order chi connectivity index (χ1) is 16.2. The number of aliphatic hydroxyl groups excluding tert-OH is 1. The molecule has 1 aromatic heterocycles. The van der Waals surface area contributed by atoms with Crippen LogP contribution in [0.25, 0.3) is 0 Å². The Bertz CT molecular complexity index is 1090. The summed E-state index contributed by atoms with van der Waals surface area (Å²) < 4.78 is 60.3. The Morgan fingerprint density at radius 2 is 2.03 bits per heavy atom. The van der Waals surface area contributed by atoms with E-state index in [0.717, 1.165) is 30.7 Å². The number of ether oxygens (including phenoxy) is 2. The Hall–Kier alpha value is -1.45. The number of hydrogen-bond acceptors (Lipinski definition) is 11. The predicted octanol–water partition coefficient (Wildman–Crippen LogP) is 1.16. The fourth-order valence-corrected chi connectivity index (χ4v) is 6.83. The van der Waals surface area contributed by atoms with E-state index in [-0.39, 0.29) is 17.1 Å². The van der Waals surface area contributed by atoms with Crippen molar-refractivity contribution >= 4 is 47.4 Å². The minimum Gasteiger partial charge on any atom is -0.387 e. The molecule has 1 unspecified atom stereocenters. The number of nitrogens with one attached hydrogen (secondary N) is 1. The third kappa shape index (κ3) is 6.46. The average molecular weight is 560 g/mol. The average Bonchev–Trinajstić information content (AvgIpc) is 3.34. The van der Waals surface area contributed by atoms with Gasteiger partial charge in [-0.25, -0.2) is 22.8 Å². The number of sulfone groups is 1. The van der Waals surface area contributed by atoms with E-state index in [9.17, 15) is 27.9 Å². The smallest absolute Gasteiger partial charge is 0.369 e. The molecule has 1 aliphatic carbocycles. The van der Waals surface area contributed by atoms with Crippen LogP contribution in [0.1, 0.15) is 31.2 Å². The molecule has 0 aromatic carbocycles. The van der Waals surface area contributed by atoms with Crippen molar-refractivity contribution in [3.63, 3.8) is 0 Å². The predicted molar refractivity (Wildman–Crippen MR) is 126 cm³/mol. The summed E-state index contributed by atoms with van der Waals surface area (Å²) in [6.45, 7) is 4.25. The summed E-state index contributed by atoms with van der Waals surface area (Å²) in [5.74, 6) is 0.484. The number of rotatable bonds is 10. The highest BCUT2D eigenvalue weighted by atomic mass is 35.5. The van der Waals surface area contributed by atoms with Crippen LogP contribution in [0.2, 0.25) is 5.28 Å². The Labute approximate surface area is 206 Å². The number of alkyl halides is 1. The van der Waals surface area contributed by atoms with Crippen LogP contribution in [0, 0.1) is 6.92 Å². The molecule has 1 aromatic rings. The number of aromatic nitrogens is 2. The van der Waals surface area contributed by atoms with E-state index in [4.69, 9.17) is 21.1 Å². The maximum atomic E-state index is 15.1. The first-order valence-corrected chi connectivity index (χ1v) is 14.6. The van der Waals surface area contributed by atoms with Gasteiger partial charge in [0.05, 0.1) is 6.61 Å². The van der Waals surface area contributed by atoms with E-state index in [1.807, 2.05) is 0 Å². The molecule has 0 spiro atoms. The number of anilines is 2. The van der Waals surface area contributed by atoms with Crippen LogP contribution in [0.5, 0.6) is 0 Å². The number of aliphatic hydroxyl groups is 1. The van der Waals surface area contributed by atoms with Gasteiger partial charge in [-0.3, -0.25) is 4.57 Å². The lowest BCUT2D eigenvalue weighted by Crippen LogP contribution is -2.40. The standard InChI is InChI=1S/C18H28ClFN5O8PS/c1-9-14(22-10-6-4-5-7-10)23-17(19)24-15(9)25(21-2)16-12(20)13(26)11(33-16)8-32-18(34(27,28)29)35(3,30)31/h10-13,16,18,26H,2,4-8H2,1,3H3,(H,22,23,24)(H2,27,28,29)/t11-,12+,13-,16-,18?/m1/s1. The molecule has 13 nitrogen and oxygen atoms in total. The van der Waals surface area contributed by atoms with Crippen molar-refractivity contribution in [1.82, 2.24) is 9.97 Å². The van der Waals surface area contributed by atoms with Gasteiger partial charge < -0.3 is 29.7 Å². The molecule has 4 N–H and O–H groups in total. The second kappa shape index (κ2) is 10.9. The van der Waals surface area contributed by atoms with Gasteiger partial charge in [-0.05, 0) is 31.4 Å². The Morgan fingerprint density at radius 1 is 1.40 bits per heavy atom. The van der Waals surface area contributed by atoms with Crippen LogP contribution >= 0.6 is 19.2 Å². The zero-order chi connectivity index (χ0) is 26.1. The molecule has 2 fully saturated rings. The van der Waals surface area contributed by atoms with Gasteiger partial charge >= 0.3 is 7.60 Å². The summed E-state index contributed by atoms with van der Waals surface area (Å²) in [6, 6.07) is 0.189. The van der Waals surface area contributed by atoms with E-state index in [1.54, 1.807) is 6.92 Å². The normalized spacial score (nSPS) is 26.6. The largest absolute Gasteiger partial charge is 0.387 e. The maximum Gasteiger partial charge on any atom is 0.369 e. The van der Waals surface area contributed by atoms with E-state index in [1.165, 1.54) is 0 Å². The molecular weight excluding hydrogens is 532 g/mol. The highest BCUT2D eigenvalue weighted by Crippen LogP contribution is 2.45. The quantitative estimate of drug-likeness (QED) is 0.139. The number of hydrazone groups is 1. The summed E-state index contributed by atoms with van der Waals surface area (Å²) in [5, 5.41) is 15.7. The zero-order valence-electron chi connectivity index (χ0n) is 19.0. The monoisotopic (exact) mass is 559 g/mol. The van der Waals surface area contributed by atoms with Crippen molar-refractivity contribution in [3.05, 3.63) is 10.8 Å². The van der Waals surface area contributed by atoms with Gasteiger partial charge in [-0.1, -0.05) is 12.8 Å². The van der Waals surface area contributed by atoms with Gasteiger partial charge in [-0.2, -0.15) is 10.1 Å². The molecule has 198 valence electrons. The van der Waals surface area contributed by atoms with Crippen molar-refractivity contribution in [2.45, 2.75) is 68.4 Å². The summed E-state index contributed by atoms with van der Waals surface area (Å²) in [6.07, 6.45) is -2.36. The van der Waals surface area contributed by atoms with Crippen molar-refractivity contribution in [2.24, 2.45) is 5.10 Å². The molecular formula is C18H28ClFN5O8PS. The van der Waals surface area contributed by atoms with Crippen molar-refractivity contribution in [2.75, 3.05) is 23.2 Å².